The number of para-hydroxylation sites is 1. The van der Waals surface area contributed by atoms with E-state index in [1.54, 1.807) is 31.1 Å². The predicted octanol–water partition coefficient (Wildman–Crippen LogP) is 4.15. The van der Waals surface area contributed by atoms with E-state index in [9.17, 15) is 9.59 Å². The first-order valence-electron chi connectivity index (χ1n) is 9.49. The molecule has 0 fully saturated rings. The maximum atomic E-state index is 13.7. The number of nitrogens with two attached hydrogens (primary N) is 1. The fraction of sp³-hybridized carbons (Fsp3) is 0.273. The quantitative estimate of drug-likeness (QED) is 0.690. The lowest BCUT2D eigenvalue weighted by atomic mass is 9.68. The Morgan fingerprint density at radius 3 is 2.72 bits per heavy atom. The van der Waals surface area contributed by atoms with Crippen molar-refractivity contribution >= 4 is 44.9 Å². The van der Waals surface area contributed by atoms with Gasteiger partial charge in [0.25, 0.3) is 0 Å². The number of halogens is 1. The second-order valence-electron chi connectivity index (χ2n) is 7.18. The Balaban J connectivity index is 1.99. The maximum absolute atomic E-state index is 13.7. The molecule has 0 radical (unpaired) electrons. The molecule has 2 aromatic rings. The Hall–Kier alpha value is -2.80. The lowest BCUT2D eigenvalue weighted by Crippen LogP contribution is -2.46. The summed E-state index contributed by atoms with van der Waals surface area (Å²) in [5, 5.41) is 0. The average molecular weight is 456 g/mol. The highest BCUT2D eigenvalue weighted by Gasteiger charge is 2.55. The number of carbonyl (C=O) groups excluding carboxylic acids is 2. The van der Waals surface area contributed by atoms with Crippen molar-refractivity contribution in [2.24, 2.45) is 0 Å². The van der Waals surface area contributed by atoms with Crippen LogP contribution in [0.3, 0.4) is 0 Å². The number of amides is 2. The van der Waals surface area contributed by atoms with Gasteiger partial charge >= 0.3 is 6.09 Å². The smallest absolute Gasteiger partial charge is 0.413 e. The maximum Gasteiger partial charge on any atom is 0.413 e. The van der Waals surface area contributed by atoms with E-state index >= 15 is 0 Å². The average Bonchev–Trinajstić information content (AvgIpc) is 2.93. The molecule has 2 N–H and O–H groups in total. The number of ether oxygens (including phenoxy) is 1. The Kier molecular flexibility index (Phi) is 4.86. The molecule has 2 aliphatic heterocycles. The highest BCUT2D eigenvalue weighted by Crippen LogP contribution is 2.55. The summed E-state index contributed by atoms with van der Waals surface area (Å²) in [5.74, 6) is -0.0302. The summed E-state index contributed by atoms with van der Waals surface area (Å²) in [6, 6.07) is 13.2. The molecule has 0 bridgehead atoms. The van der Waals surface area contributed by atoms with Crippen molar-refractivity contribution in [3.63, 3.8) is 0 Å². The minimum atomic E-state index is -0.928. The number of benzene rings is 2. The van der Waals surface area contributed by atoms with Gasteiger partial charge < -0.3 is 15.4 Å². The Morgan fingerprint density at radius 2 is 2.00 bits per heavy atom. The van der Waals surface area contributed by atoms with Gasteiger partial charge in [-0.15, -0.1) is 0 Å². The zero-order valence-corrected chi connectivity index (χ0v) is 17.9. The fourth-order valence-corrected chi connectivity index (χ4v) is 5.04. The van der Waals surface area contributed by atoms with Gasteiger partial charge in [-0.25, -0.2) is 4.79 Å². The van der Waals surface area contributed by atoms with Crippen LogP contribution in [0.5, 0.6) is 0 Å². The molecule has 6 nitrogen and oxygen atoms in total. The number of rotatable bonds is 2. The minimum absolute atomic E-state index is 0.0302. The molecule has 29 heavy (non-hydrogen) atoms. The van der Waals surface area contributed by atoms with Crippen LogP contribution in [-0.4, -0.2) is 37.1 Å². The summed E-state index contributed by atoms with van der Waals surface area (Å²) in [6.07, 6.45) is 1.73. The number of fused-ring (bicyclic) bond motifs is 2. The van der Waals surface area contributed by atoms with Crippen LogP contribution in [0, 0.1) is 0 Å². The molecule has 0 aromatic heterocycles. The molecule has 2 amide bonds. The van der Waals surface area contributed by atoms with Gasteiger partial charge in [0.15, 0.2) is 0 Å². The zero-order chi connectivity index (χ0) is 20.8. The lowest BCUT2D eigenvalue weighted by molar-refractivity contribution is -0.121. The summed E-state index contributed by atoms with van der Waals surface area (Å²) in [6.45, 7) is 2.43. The third kappa shape index (κ3) is 2.83. The van der Waals surface area contributed by atoms with E-state index in [0.29, 0.717) is 24.2 Å². The van der Waals surface area contributed by atoms with Gasteiger partial charge in [-0.2, -0.15) is 0 Å². The summed E-state index contributed by atoms with van der Waals surface area (Å²) in [7, 11) is 1.78. The molecule has 150 valence electrons. The van der Waals surface area contributed by atoms with E-state index in [-0.39, 0.29) is 12.5 Å². The van der Waals surface area contributed by atoms with Crippen LogP contribution < -0.4 is 10.6 Å². The minimum Gasteiger partial charge on any atom is -0.449 e. The predicted molar refractivity (Wildman–Crippen MR) is 116 cm³/mol. The largest absolute Gasteiger partial charge is 0.449 e. The molecule has 2 aliphatic rings. The normalized spacial score (nSPS) is 20.7. The van der Waals surface area contributed by atoms with Crippen molar-refractivity contribution in [2.75, 3.05) is 30.8 Å². The van der Waals surface area contributed by atoms with E-state index in [1.165, 1.54) is 4.90 Å². The summed E-state index contributed by atoms with van der Waals surface area (Å²) in [5.41, 5.74) is 9.15. The van der Waals surface area contributed by atoms with Crippen LogP contribution in [0.15, 0.2) is 53.1 Å². The van der Waals surface area contributed by atoms with Crippen molar-refractivity contribution in [1.29, 1.82) is 0 Å². The summed E-state index contributed by atoms with van der Waals surface area (Å²) >= 11 is 3.66. The van der Waals surface area contributed by atoms with Crippen molar-refractivity contribution in [3.8, 4) is 0 Å². The van der Waals surface area contributed by atoms with Gasteiger partial charge in [0.2, 0.25) is 5.91 Å². The van der Waals surface area contributed by atoms with Crippen LogP contribution in [0.1, 0.15) is 24.5 Å². The molecule has 2 heterocycles. The first-order chi connectivity index (χ1) is 13.9. The Bertz CT molecular complexity index is 1040. The van der Waals surface area contributed by atoms with Crippen LogP contribution in [0.25, 0.3) is 5.57 Å². The van der Waals surface area contributed by atoms with Crippen molar-refractivity contribution < 1.29 is 14.3 Å². The van der Waals surface area contributed by atoms with Gasteiger partial charge in [-0.1, -0.05) is 40.2 Å². The molecular formula is C22H22BrN3O3. The first-order valence-corrected chi connectivity index (χ1v) is 10.3. The van der Waals surface area contributed by atoms with Crippen molar-refractivity contribution in [3.05, 3.63) is 64.3 Å². The second-order valence-corrected chi connectivity index (χ2v) is 8.03. The number of hydrogen-bond donors (Lipinski definition) is 1. The first kappa shape index (κ1) is 19.5. The molecule has 0 saturated heterocycles. The van der Waals surface area contributed by atoms with Gasteiger partial charge in [0, 0.05) is 46.8 Å². The number of nitrogens with zero attached hydrogens (tertiary/aromatic N) is 2. The van der Waals surface area contributed by atoms with E-state index < -0.39 is 11.5 Å². The van der Waals surface area contributed by atoms with Gasteiger partial charge in [0.1, 0.15) is 5.41 Å². The van der Waals surface area contributed by atoms with E-state index in [0.717, 1.165) is 21.3 Å². The van der Waals surface area contributed by atoms with E-state index in [2.05, 4.69) is 15.9 Å². The highest BCUT2D eigenvalue weighted by atomic mass is 79.9. The standard InChI is InChI=1S/C22H22BrN3O3/c1-3-29-21(28)26-12-11-22(15(13-26)14-7-4-5-9-17(14)24)19-16(23)8-6-10-18(19)25(2)20(22)27/h4-10,13H,3,11-12,24H2,1-2H3. The third-order valence-electron chi connectivity index (χ3n) is 5.68. The number of likely N-dealkylation sites (N-methyl/N-ethyl adjacent to an activating group) is 1. The van der Waals surface area contributed by atoms with Crippen molar-refractivity contribution in [1.82, 2.24) is 4.90 Å². The molecule has 1 atom stereocenters. The Labute approximate surface area is 178 Å². The molecule has 1 unspecified atom stereocenters. The van der Waals surface area contributed by atoms with Crippen molar-refractivity contribution in [2.45, 2.75) is 18.8 Å². The summed E-state index contributed by atoms with van der Waals surface area (Å²) < 4.78 is 6.05. The monoisotopic (exact) mass is 455 g/mol. The van der Waals surface area contributed by atoms with Crippen LogP contribution in [-0.2, 0) is 14.9 Å². The third-order valence-corrected chi connectivity index (χ3v) is 6.34. The number of nitrogen functional groups attached to an aromatic ring is 1. The zero-order valence-electron chi connectivity index (χ0n) is 16.3. The van der Waals surface area contributed by atoms with Crippen LogP contribution in [0.4, 0.5) is 16.2 Å². The SMILES string of the molecule is CCOC(=O)N1C=C(c2ccccc2N)C2(CC1)C(=O)N(C)c1cccc(Br)c12. The van der Waals surface area contributed by atoms with Gasteiger partial charge in [-0.05, 0) is 37.1 Å². The van der Waals surface area contributed by atoms with Gasteiger partial charge in [0.05, 0.1) is 6.61 Å². The topological polar surface area (TPSA) is 75.9 Å². The summed E-state index contributed by atoms with van der Waals surface area (Å²) in [4.78, 5) is 29.3. The number of carbonyl (C=O) groups is 2. The van der Waals surface area contributed by atoms with Crippen LogP contribution >= 0.6 is 15.9 Å². The van der Waals surface area contributed by atoms with Gasteiger partial charge in [-0.3, -0.25) is 9.69 Å². The van der Waals surface area contributed by atoms with E-state index in [4.69, 9.17) is 10.5 Å². The fourth-order valence-electron chi connectivity index (χ4n) is 4.34. The van der Waals surface area contributed by atoms with Crippen LogP contribution in [0.2, 0.25) is 0 Å². The molecule has 7 heteroatoms. The molecule has 4 rings (SSSR count). The van der Waals surface area contributed by atoms with E-state index in [1.807, 2.05) is 36.4 Å². The molecule has 1 spiro atoms. The molecule has 0 aliphatic carbocycles. The molecule has 0 saturated carbocycles. The second kappa shape index (κ2) is 7.22. The highest BCUT2D eigenvalue weighted by molar-refractivity contribution is 9.10. The molecular weight excluding hydrogens is 434 g/mol. The molecule has 2 aromatic carbocycles. The Morgan fingerprint density at radius 1 is 1.24 bits per heavy atom. The number of hydrogen-bond acceptors (Lipinski definition) is 4. The number of anilines is 2. The lowest BCUT2D eigenvalue weighted by Gasteiger charge is -2.38.